The third-order valence-corrected chi connectivity index (χ3v) is 4.75. The molecule has 0 radical (unpaired) electrons. The van der Waals surface area contributed by atoms with Crippen molar-refractivity contribution in [3.8, 4) is 11.5 Å². The Bertz CT molecular complexity index is 847. The van der Waals surface area contributed by atoms with Crippen LogP contribution in [0.25, 0.3) is 6.08 Å². The number of aryl methyl sites for hydroxylation is 1. The quantitative estimate of drug-likeness (QED) is 0.706. The van der Waals surface area contributed by atoms with Crippen molar-refractivity contribution < 1.29 is 14.6 Å². The maximum absolute atomic E-state index is 12.8. The lowest BCUT2D eigenvalue weighted by molar-refractivity contribution is 0.101. The fourth-order valence-corrected chi connectivity index (χ4v) is 3.39. The van der Waals surface area contributed by atoms with Gasteiger partial charge in [-0.15, -0.1) is 0 Å². The maximum atomic E-state index is 12.8. The van der Waals surface area contributed by atoms with Crippen molar-refractivity contribution in [3.05, 3.63) is 64.4 Å². The van der Waals surface area contributed by atoms with Crippen LogP contribution in [0.5, 0.6) is 11.5 Å². The number of carbonyl (C=O) groups excluding carboxylic acids is 1. The molecular weight excluding hydrogens is 338 g/mol. The summed E-state index contributed by atoms with van der Waals surface area (Å²) in [5, 5.41) is 10.4. The number of phenols is 1. The average molecular weight is 365 g/mol. The van der Waals surface area contributed by atoms with E-state index in [1.807, 2.05) is 31.2 Å². The van der Waals surface area contributed by atoms with Gasteiger partial charge in [-0.2, -0.15) is 0 Å². The summed E-state index contributed by atoms with van der Waals surface area (Å²) in [7, 11) is 0. The van der Waals surface area contributed by atoms with Crippen molar-refractivity contribution in [2.75, 3.05) is 13.1 Å². The minimum Gasteiger partial charge on any atom is -0.507 e. The Balaban J connectivity index is 1.92. The number of fused-ring (bicyclic) bond motifs is 1. The summed E-state index contributed by atoms with van der Waals surface area (Å²) in [6.07, 6.45) is 3.83. The topological polar surface area (TPSA) is 49.8 Å². The Morgan fingerprint density at radius 3 is 2.33 bits per heavy atom. The van der Waals surface area contributed by atoms with Gasteiger partial charge in [0.1, 0.15) is 11.5 Å². The Hall–Kier alpha value is -2.59. The van der Waals surface area contributed by atoms with Gasteiger partial charge < -0.3 is 9.84 Å². The first-order chi connectivity index (χ1) is 13.0. The van der Waals surface area contributed by atoms with E-state index in [-0.39, 0.29) is 11.5 Å². The lowest BCUT2D eigenvalue weighted by Gasteiger charge is -2.22. The van der Waals surface area contributed by atoms with E-state index < -0.39 is 0 Å². The number of allylic oxidation sites excluding steroid dienone is 1. The van der Waals surface area contributed by atoms with Gasteiger partial charge in [-0.1, -0.05) is 43.7 Å². The summed E-state index contributed by atoms with van der Waals surface area (Å²) in [5.41, 5.74) is 3.29. The minimum atomic E-state index is -0.135. The van der Waals surface area contributed by atoms with Crippen LogP contribution in [0.2, 0.25) is 0 Å². The lowest BCUT2D eigenvalue weighted by Crippen LogP contribution is -2.25. The van der Waals surface area contributed by atoms with Crippen LogP contribution in [-0.4, -0.2) is 28.9 Å². The number of carbonyl (C=O) groups is 1. The molecule has 0 unspecified atom stereocenters. The van der Waals surface area contributed by atoms with Gasteiger partial charge in [0.15, 0.2) is 5.76 Å². The molecule has 4 heteroatoms. The van der Waals surface area contributed by atoms with E-state index in [1.165, 1.54) is 5.56 Å². The maximum Gasteiger partial charge on any atom is 0.231 e. The zero-order valence-corrected chi connectivity index (χ0v) is 16.3. The molecule has 0 saturated heterocycles. The van der Waals surface area contributed by atoms with Crippen molar-refractivity contribution in [1.29, 1.82) is 0 Å². The molecule has 0 bridgehead atoms. The zero-order valence-electron chi connectivity index (χ0n) is 16.3. The number of benzene rings is 2. The number of ketones is 1. The molecule has 4 nitrogen and oxygen atoms in total. The van der Waals surface area contributed by atoms with Crippen LogP contribution in [0.4, 0.5) is 0 Å². The predicted octanol–water partition coefficient (Wildman–Crippen LogP) is 4.94. The number of rotatable bonds is 7. The largest absolute Gasteiger partial charge is 0.507 e. The number of Topliss-reactive ketones (excluding diaryl/α,β-unsaturated/α-hetero) is 1. The SMILES string of the molecule is CCCN(CCC)Cc1c(O)ccc2c1O/C(=C/c1ccc(C)cc1)C2=O. The van der Waals surface area contributed by atoms with Gasteiger partial charge in [0.25, 0.3) is 0 Å². The molecule has 0 fully saturated rings. The molecule has 3 rings (SSSR count). The first kappa shape index (κ1) is 19.2. The van der Waals surface area contributed by atoms with Gasteiger partial charge in [-0.05, 0) is 56.6 Å². The Morgan fingerprint density at radius 1 is 1.04 bits per heavy atom. The standard InChI is InChI=1S/C23H27NO3/c1-4-12-24(13-5-2)15-19-20(25)11-10-18-22(26)21(27-23(18)19)14-17-8-6-16(3)7-9-17/h6-11,14,25H,4-5,12-13,15H2,1-3H3/b21-14+. The number of phenolic OH excluding ortho intramolecular Hbond substituents is 1. The van der Waals surface area contributed by atoms with Crippen molar-refractivity contribution in [3.63, 3.8) is 0 Å². The van der Waals surface area contributed by atoms with Crippen molar-refractivity contribution in [2.24, 2.45) is 0 Å². The zero-order chi connectivity index (χ0) is 19.4. The van der Waals surface area contributed by atoms with E-state index in [2.05, 4.69) is 18.7 Å². The molecule has 27 heavy (non-hydrogen) atoms. The number of nitrogens with zero attached hydrogens (tertiary/aromatic N) is 1. The highest BCUT2D eigenvalue weighted by molar-refractivity contribution is 6.15. The Kier molecular flexibility index (Phi) is 5.97. The fraction of sp³-hybridized carbons (Fsp3) is 0.348. The fourth-order valence-electron chi connectivity index (χ4n) is 3.39. The summed E-state index contributed by atoms with van der Waals surface area (Å²) < 4.78 is 5.95. The molecule has 142 valence electrons. The third-order valence-electron chi connectivity index (χ3n) is 4.75. The van der Waals surface area contributed by atoms with Crippen molar-refractivity contribution in [1.82, 2.24) is 4.90 Å². The molecule has 0 amide bonds. The van der Waals surface area contributed by atoms with Crippen molar-refractivity contribution in [2.45, 2.75) is 40.2 Å². The van der Waals surface area contributed by atoms with Crippen LogP contribution < -0.4 is 4.74 Å². The molecule has 0 aliphatic carbocycles. The van der Waals surface area contributed by atoms with E-state index in [0.29, 0.717) is 29.2 Å². The predicted molar refractivity (Wildman–Crippen MR) is 108 cm³/mol. The molecule has 0 spiro atoms. The minimum absolute atomic E-state index is 0.135. The lowest BCUT2D eigenvalue weighted by atomic mass is 10.0. The first-order valence-electron chi connectivity index (χ1n) is 9.61. The molecule has 2 aromatic carbocycles. The normalized spacial score (nSPS) is 14.7. The summed E-state index contributed by atoms with van der Waals surface area (Å²) >= 11 is 0. The summed E-state index contributed by atoms with van der Waals surface area (Å²) in [5.74, 6) is 0.841. The van der Waals surface area contributed by atoms with E-state index >= 15 is 0 Å². The van der Waals surface area contributed by atoms with Gasteiger partial charge in [-0.3, -0.25) is 9.69 Å². The molecular formula is C23H27NO3. The molecule has 0 aromatic heterocycles. The monoisotopic (exact) mass is 365 g/mol. The highest BCUT2D eigenvalue weighted by atomic mass is 16.5. The van der Waals surface area contributed by atoms with E-state index in [0.717, 1.165) is 31.5 Å². The summed E-state index contributed by atoms with van der Waals surface area (Å²) in [6.45, 7) is 8.76. The van der Waals surface area contributed by atoms with Gasteiger partial charge in [0.05, 0.1) is 11.1 Å². The smallest absolute Gasteiger partial charge is 0.231 e. The van der Waals surface area contributed by atoms with Gasteiger partial charge in [-0.25, -0.2) is 0 Å². The summed E-state index contributed by atoms with van der Waals surface area (Å²) in [6, 6.07) is 11.2. The van der Waals surface area contributed by atoms with Crippen LogP contribution in [-0.2, 0) is 6.54 Å². The molecule has 1 heterocycles. The average Bonchev–Trinajstić information content (AvgIpc) is 2.96. The number of hydrogen-bond donors (Lipinski definition) is 1. The number of hydrogen-bond acceptors (Lipinski definition) is 4. The number of aromatic hydroxyl groups is 1. The van der Waals surface area contributed by atoms with Gasteiger partial charge in [0.2, 0.25) is 5.78 Å². The second kappa shape index (κ2) is 8.40. The first-order valence-corrected chi connectivity index (χ1v) is 9.61. The van der Waals surface area contributed by atoms with Crippen LogP contribution in [0.1, 0.15) is 53.7 Å². The Morgan fingerprint density at radius 2 is 1.70 bits per heavy atom. The van der Waals surface area contributed by atoms with E-state index in [1.54, 1.807) is 18.2 Å². The second-order valence-corrected chi connectivity index (χ2v) is 7.07. The number of ether oxygens (including phenoxy) is 1. The molecule has 1 N–H and O–H groups in total. The Labute approximate surface area is 161 Å². The highest BCUT2D eigenvalue weighted by Crippen LogP contribution is 2.40. The van der Waals surface area contributed by atoms with Crippen LogP contribution >= 0.6 is 0 Å². The molecule has 2 aromatic rings. The van der Waals surface area contributed by atoms with E-state index in [4.69, 9.17) is 4.74 Å². The van der Waals surface area contributed by atoms with Crippen molar-refractivity contribution >= 4 is 11.9 Å². The van der Waals surface area contributed by atoms with Gasteiger partial charge in [0, 0.05) is 6.54 Å². The third kappa shape index (κ3) is 4.22. The molecule has 1 aliphatic rings. The van der Waals surface area contributed by atoms with Crippen LogP contribution in [0, 0.1) is 6.92 Å². The van der Waals surface area contributed by atoms with Gasteiger partial charge >= 0.3 is 0 Å². The van der Waals surface area contributed by atoms with Crippen LogP contribution in [0.15, 0.2) is 42.2 Å². The molecule has 1 aliphatic heterocycles. The highest BCUT2D eigenvalue weighted by Gasteiger charge is 2.31. The molecule has 0 saturated carbocycles. The molecule has 0 atom stereocenters. The van der Waals surface area contributed by atoms with E-state index in [9.17, 15) is 9.90 Å². The summed E-state index contributed by atoms with van der Waals surface area (Å²) in [4.78, 5) is 15.1. The van der Waals surface area contributed by atoms with Crippen LogP contribution in [0.3, 0.4) is 0 Å². The second-order valence-electron chi connectivity index (χ2n) is 7.07.